The average Bonchev–Trinajstić information content (AvgIpc) is 2.13. The van der Waals surface area contributed by atoms with E-state index in [-0.39, 0.29) is 12.1 Å². The number of hydrogen-bond donors (Lipinski definition) is 3. The van der Waals surface area contributed by atoms with Gasteiger partial charge in [0.15, 0.2) is 0 Å². The zero-order chi connectivity index (χ0) is 7.56. The molecule has 58 valence electrons. The van der Waals surface area contributed by atoms with E-state index in [1.807, 2.05) is 0 Å². The molecule has 3 N–H and O–H groups in total. The molecule has 0 spiro atoms. The number of amides is 1. The molecule has 2 atom stereocenters. The monoisotopic (exact) mass is 145 g/mol. The molecule has 4 nitrogen and oxygen atoms in total. The van der Waals surface area contributed by atoms with Crippen molar-refractivity contribution >= 4 is 6.09 Å². The van der Waals surface area contributed by atoms with E-state index in [1.54, 1.807) is 0 Å². The van der Waals surface area contributed by atoms with E-state index in [0.717, 1.165) is 6.42 Å². The first kappa shape index (κ1) is 7.34. The van der Waals surface area contributed by atoms with Crippen LogP contribution < -0.4 is 5.32 Å². The van der Waals surface area contributed by atoms with E-state index in [1.165, 1.54) is 0 Å². The summed E-state index contributed by atoms with van der Waals surface area (Å²) in [6, 6.07) is -0.0347. The van der Waals surface area contributed by atoms with Gasteiger partial charge in [-0.25, -0.2) is 4.79 Å². The topological polar surface area (TPSA) is 69.6 Å². The molecule has 0 radical (unpaired) electrons. The van der Waals surface area contributed by atoms with Crippen LogP contribution in [0.3, 0.4) is 0 Å². The Hall–Kier alpha value is -0.770. The van der Waals surface area contributed by atoms with Gasteiger partial charge in [0, 0.05) is 6.04 Å². The van der Waals surface area contributed by atoms with Crippen LogP contribution in [0.5, 0.6) is 0 Å². The van der Waals surface area contributed by atoms with Gasteiger partial charge in [0.2, 0.25) is 0 Å². The summed E-state index contributed by atoms with van der Waals surface area (Å²) in [5.74, 6) is 0. The van der Waals surface area contributed by atoms with E-state index in [0.29, 0.717) is 12.8 Å². The second kappa shape index (κ2) is 2.88. The van der Waals surface area contributed by atoms with Gasteiger partial charge in [-0.1, -0.05) is 0 Å². The lowest BCUT2D eigenvalue weighted by atomic mass is 10.2. The lowest BCUT2D eigenvalue weighted by Gasteiger charge is -2.07. The summed E-state index contributed by atoms with van der Waals surface area (Å²) in [5.41, 5.74) is 0. The summed E-state index contributed by atoms with van der Waals surface area (Å²) in [4.78, 5) is 10.1. The van der Waals surface area contributed by atoms with E-state index < -0.39 is 6.09 Å². The maximum absolute atomic E-state index is 10.1. The van der Waals surface area contributed by atoms with Crippen molar-refractivity contribution in [3.63, 3.8) is 0 Å². The first-order valence-corrected chi connectivity index (χ1v) is 3.36. The molecule has 1 saturated carbocycles. The van der Waals surface area contributed by atoms with E-state index in [4.69, 9.17) is 10.2 Å². The van der Waals surface area contributed by atoms with Gasteiger partial charge in [-0.2, -0.15) is 0 Å². The third-order valence-electron chi connectivity index (χ3n) is 1.73. The Balaban J connectivity index is 2.24. The van der Waals surface area contributed by atoms with Crippen LogP contribution in [0.25, 0.3) is 0 Å². The summed E-state index contributed by atoms with van der Waals surface area (Å²) in [6.07, 6.45) is 0.723. The van der Waals surface area contributed by atoms with Crippen LogP contribution in [0, 0.1) is 0 Å². The lowest BCUT2D eigenvalue weighted by Crippen LogP contribution is -2.31. The van der Waals surface area contributed by atoms with Crippen molar-refractivity contribution in [1.29, 1.82) is 0 Å². The number of rotatable bonds is 1. The van der Waals surface area contributed by atoms with Crippen molar-refractivity contribution in [3.8, 4) is 0 Å². The molecule has 0 unspecified atom stereocenters. The van der Waals surface area contributed by atoms with Crippen molar-refractivity contribution in [2.45, 2.75) is 31.4 Å². The third-order valence-corrected chi connectivity index (χ3v) is 1.73. The van der Waals surface area contributed by atoms with Gasteiger partial charge in [-0.05, 0) is 19.3 Å². The SMILES string of the molecule is O=C(O)N[C@H]1CC[C@H](O)C1. The standard InChI is InChI=1S/C6H11NO3/c8-5-2-1-4(3-5)7-6(9)10/h4-5,7-8H,1-3H2,(H,9,10)/t4-,5-/m0/s1. The van der Waals surface area contributed by atoms with Gasteiger partial charge in [-0.15, -0.1) is 0 Å². The Labute approximate surface area is 58.9 Å². The number of carboxylic acid groups (broad SMARTS) is 1. The molecule has 0 aromatic rings. The average molecular weight is 145 g/mol. The highest BCUT2D eigenvalue weighted by Crippen LogP contribution is 2.18. The molecule has 4 heteroatoms. The molecule has 0 heterocycles. The predicted molar refractivity (Wildman–Crippen MR) is 34.8 cm³/mol. The minimum Gasteiger partial charge on any atom is -0.465 e. The molecule has 0 aromatic carbocycles. The molecule has 1 rings (SSSR count). The number of nitrogens with one attached hydrogen (secondary N) is 1. The Bertz CT molecular complexity index is 137. The van der Waals surface area contributed by atoms with Crippen molar-refractivity contribution in [2.75, 3.05) is 0 Å². The molecular weight excluding hydrogens is 134 g/mol. The van der Waals surface area contributed by atoms with Gasteiger partial charge in [-0.3, -0.25) is 0 Å². The quantitative estimate of drug-likeness (QED) is 0.492. The van der Waals surface area contributed by atoms with E-state index in [9.17, 15) is 4.79 Å². The van der Waals surface area contributed by atoms with Gasteiger partial charge < -0.3 is 15.5 Å². The highest BCUT2D eigenvalue weighted by atomic mass is 16.4. The first-order chi connectivity index (χ1) is 4.68. The molecule has 1 aliphatic carbocycles. The fraction of sp³-hybridized carbons (Fsp3) is 0.833. The van der Waals surface area contributed by atoms with Crippen LogP contribution in [0.15, 0.2) is 0 Å². The molecule has 0 saturated heterocycles. The molecule has 1 fully saturated rings. The van der Waals surface area contributed by atoms with E-state index >= 15 is 0 Å². The van der Waals surface area contributed by atoms with Crippen LogP contribution in [-0.4, -0.2) is 28.5 Å². The number of aliphatic hydroxyl groups is 1. The van der Waals surface area contributed by atoms with E-state index in [2.05, 4.69) is 5.32 Å². The Morgan fingerprint density at radius 1 is 1.50 bits per heavy atom. The van der Waals surface area contributed by atoms with Crippen molar-refractivity contribution in [2.24, 2.45) is 0 Å². The van der Waals surface area contributed by atoms with Crippen LogP contribution in [0.4, 0.5) is 4.79 Å². The number of aliphatic hydroxyl groups excluding tert-OH is 1. The van der Waals surface area contributed by atoms with Crippen LogP contribution in [0.1, 0.15) is 19.3 Å². The normalized spacial score (nSPS) is 32.1. The van der Waals surface area contributed by atoms with Crippen LogP contribution >= 0.6 is 0 Å². The third kappa shape index (κ3) is 1.88. The molecule has 0 aliphatic heterocycles. The summed E-state index contributed by atoms with van der Waals surface area (Å²) in [6.45, 7) is 0. The fourth-order valence-electron chi connectivity index (χ4n) is 1.26. The fourth-order valence-corrected chi connectivity index (χ4v) is 1.26. The van der Waals surface area contributed by atoms with Gasteiger partial charge in [0.1, 0.15) is 0 Å². The maximum atomic E-state index is 10.1. The highest BCUT2D eigenvalue weighted by Gasteiger charge is 2.23. The molecule has 0 aromatic heterocycles. The number of carbonyl (C=O) groups is 1. The Morgan fingerprint density at radius 3 is 2.60 bits per heavy atom. The Kier molecular flexibility index (Phi) is 2.11. The van der Waals surface area contributed by atoms with Gasteiger partial charge in [0.25, 0.3) is 0 Å². The van der Waals surface area contributed by atoms with Crippen LogP contribution in [0.2, 0.25) is 0 Å². The minimum atomic E-state index is -1.00. The first-order valence-electron chi connectivity index (χ1n) is 3.36. The summed E-state index contributed by atoms with van der Waals surface area (Å²) in [7, 11) is 0. The minimum absolute atomic E-state index is 0.0347. The summed E-state index contributed by atoms with van der Waals surface area (Å²) < 4.78 is 0. The Morgan fingerprint density at radius 2 is 2.20 bits per heavy atom. The van der Waals surface area contributed by atoms with Gasteiger partial charge in [0.05, 0.1) is 6.10 Å². The maximum Gasteiger partial charge on any atom is 0.404 e. The predicted octanol–water partition coefficient (Wildman–Crippen LogP) is 0.167. The van der Waals surface area contributed by atoms with Gasteiger partial charge >= 0.3 is 6.09 Å². The summed E-state index contributed by atoms with van der Waals surface area (Å²) >= 11 is 0. The van der Waals surface area contributed by atoms with Crippen molar-refractivity contribution in [1.82, 2.24) is 5.32 Å². The summed E-state index contributed by atoms with van der Waals surface area (Å²) in [5, 5.41) is 19.6. The van der Waals surface area contributed by atoms with Crippen LogP contribution in [-0.2, 0) is 0 Å². The van der Waals surface area contributed by atoms with Crippen molar-refractivity contribution in [3.05, 3.63) is 0 Å². The van der Waals surface area contributed by atoms with Crippen molar-refractivity contribution < 1.29 is 15.0 Å². The molecule has 10 heavy (non-hydrogen) atoms. The molecule has 1 aliphatic rings. The second-order valence-corrected chi connectivity index (χ2v) is 2.61. The molecule has 1 amide bonds. The largest absolute Gasteiger partial charge is 0.465 e. The molecular formula is C6H11NO3. The second-order valence-electron chi connectivity index (χ2n) is 2.61. The zero-order valence-electron chi connectivity index (χ0n) is 5.58. The lowest BCUT2D eigenvalue weighted by molar-refractivity contribution is 0.174. The number of hydrogen-bond acceptors (Lipinski definition) is 2. The smallest absolute Gasteiger partial charge is 0.404 e. The highest BCUT2D eigenvalue weighted by molar-refractivity contribution is 5.64. The molecule has 0 bridgehead atoms. The zero-order valence-corrected chi connectivity index (χ0v) is 5.58.